The second kappa shape index (κ2) is 10.5. The molecule has 1 aromatic heterocycles. The van der Waals surface area contributed by atoms with E-state index in [9.17, 15) is 8.42 Å². The molecule has 30 heavy (non-hydrogen) atoms. The number of guanidine groups is 1. The van der Waals surface area contributed by atoms with Gasteiger partial charge in [0.15, 0.2) is 21.6 Å². The van der Waals surface area contributed by atoms with Crippen LogP contribution in [0.15, 0.2) is 64.7 Å². The number of hydrogen-bond acceptors (Lipinski definition) is 5. The van der Waals surface area contributed by atoms with E-state index < -0.39 is 9.84 Å². The minimum atomic E-state index is -3.22. The number of para-hydroxylation sites is 1. The maximum Gasteiger partial charge on any atom is 0.191 e. The summed E-state index contributed by atoms with van der Waals surface area (Å²) in [4.78, 5) is 4.58. The number of benzene rings is 2. The van der Waals surface area contributed by atoms with Crippen molar-refractivity contribution in [2.24, 2.45) is 4.99 Å². The van der Waals surface area contributed by atoms with E-state index in [0.29, 0.717) is 23.9 Å². The van der Waals surface area contributed by atoms with Crippen molar-refractivity contribution in [2.45, 2.75) is 24.9 Å². The van der Waals surface area contributed by atoms with Crippen LogP contribution < -0.4 is 10.6 Å². The Labute approximate surface area is 193 Å². The zero-order valence-corrected chi connectivity index (χ0v) is 20.2. The second-order valence-corrected chi connectivity index (χ2v) is 8.59. The van der Waals surface area contributed by atoms with Gasteiger partial charge < -0.3 is 10.6 Å². The van der Waals surface area contributed by atoms with Gasteiger partial charge in [-0.2, -0.15) is 0 Å². The minimum absolute atomic E-state index is 0. The number of aliphatic imine (C=N–C) groups is 1. The van der Waals surface area contributed by atoms with E-state index in [0.717, 1.165) is 22.6 Å². The zero-order valence-electron chi connectivity index (χ0n) is 17.0. The summed E-state index contributed by atoms with van der Waals surface area (Å²) in [6, 6.07) is 15.2. The fourth-order valence-electron chi connectivity index (χ4n) is 2.99. The van der Waals surface area contributed by atoms with Gasteiger partial charge in [-0.1, -0.05) is 30.3 Å². The lowest BCUT2D eigenvalue weighted by Gasteiger charge is -2.13. The Hall–Kier alpha value is -2.47. The van der Waals surface area contributed by atoms with Crippen LogP contribution in [0.1, 0.15) is 17.0 Å². The van der Waals surface area contributed by atoms with Gasteiger partial charge in [-0.05, 0) is 36.2 Å². The largest absolute Gasteiger partial charge is 0.352 e. The molecule has 10 heteroatoms. The van der Waals surface area contributed by atoms with Crippen molar-refractivity contribution in [3.8, 4) is 5.69 Å². The third-order valence-corrected chi connectivity index (χ3v) is 5.65. The molecule has 0 radical (unpaired) electrons. The molecule has 0 aliphatic rings. The SMILES string of the molecule is CN=C(NCc1ccc(S(C)(=O)=O)c(C)c1)NCc1nncn1-c1ccccc1.I. The highest BCUT2D eigenvalue weighted by Crippen LogP contribution is 2.16. The zero-order chi connectivity index (χ0) is 20.9. The number of hydrogen-bond donors (Lipinski definition) is 2. The molecule has 1 heterocycles. The molecule has 0 atom stereocenters. The molecule has 0 bridgehead atoms. The number of sulfone groups is 1. The minimum Gasteiger partial charge on any atom is -0.352 e. The first kappa shape index (κ1) is 23.8. The number of rotatable bonds is 6. The first-order chi connectivity index (χ1) is 13.9. The molecule has 0 spiro atoms. The lowest BCUT2D eigenvalue weighted by Crippen LogP contribution is -2.37. The van der Waals surface area contributed by atoms with Crippen LogP contribution in [-0.2, 0) is 22.9 Å². The van der Waals surface area contributed by atoms with Gasteiger partial charge in [0.05, 0.1) is 11.4 Å². The summed E-state index contributed by atoms with van der Waals surface area (Å²) in [6.45, 7) is 2.75. The van der Waals surface area contributed by atoms with Gasteiger partial charge in [0.1, 0.15) is 6.33 Å². The monoisotopic (exact) mass is 540 g/mol. The van der Waals surface area contributed by atoms with Crippen molar-refractivity contribution in [1.29, 1.82) is 0 Å². The molecule has 0 unspecified atom stereocenters. The smallest absolute Gasteiger partial charge is 0.191 e. The van der Waals surface area contributed by atoms with Crippen molar-refractivity contribution >= 4 is 39.8 Å². The summed E-state index contributed by atoms with van der Waals surface area (Å²) >= 11 is 0. The van der Waals surface area contributed by atoms with Crippen LogP contribution in [-0.4, -0.2) is 42.4 Å². The van der Waals surface area contributed by atoms with Crippen LogP contribution in [0.5, 0.6) is 0 Å². The van der Waals surface area contributed by atoms with E-state index in [1.54, 1.807) is 32.4 Å². The molecule has 3 rings (SSSR count). The highest BCUT2D eigenvalue weighted by Gasteiger charge is 2.11. The van der Waals surface area contributed by atoms with Gasteiger partial charge in [0, 0.05) is 25.5 Å². The predicted molar refractivity (Wildman–Crippen MR) is 128 cm³/mol. The molecule has 3 aromatic rings. The third-order valence-electron chi connectivity index (χ3n) is 4.39. The van der Waals surface area contributed by atoms with Crippen molar-refractivity contribution in [2.75, 3.05) is 13.3 Å². The fraction of sp³-hybridized carbons (Fsp3) is 0.250. The standard InChI is InChI=1S/C20H24N6O2S.HI/c1-15-11-16(9-10-18(15)29(3,27)28)12-22-20(21-2)23-13-19-25-24-14-26(19)17-7-5-4-6-8-17;/h4-11,14H,12-13H2,1-3H3,(H2,21,22,23);1H. The van der Waals surface area contributed by atoms with Crippen LogP contribution in [0, 0.1) is 6.92 Å². The summed E-state index contributed by atoms with van der Waals surface area (Å²) in [6.07, 6.45) is 2.89. The summed E-state index contributed by atoms with van der Waals surface area (Å²) in [5.74, 6) is 1.37. The van der Waals surface area contributed by atoms with Crippen molar-refractivity contribution in [3.63, 3.8) is 0 Å². The van der Waals surface area contributed by atoms with Gasteiger partial charge in [0.2, 0.25) is 0 Å². The van der Waals surface area contributed by atoms with Crippen LogP contribution in [0.2, 0.25) is 0 Å². The van der Waals surface area contributed by atoms with Gasteiger partial charge >= 0.3 is 0 Å². The molecule has 2 aromatic carbocycles. The van der Waals surface area contributed by atoms with E-state index in [4.69, 9.17) is 0 Å². The number of nitrogens with one attached hydrogen (secondary N) is 2. The molecule has 8 nitrogen and oxygen atoms in total. The lowest BCUT2D eigenvalue weighted by atomic mass is 10.1. The van der Waals surface area contributed by atoms with Crippen molar-refractivity contribution in [3.05, 3.63) is 71.8 Å². The van der Waals surface area contributed by atoms with Gasteiger partial charge in [-0.3, -0.25) is 9.56 Å². The Morgan fingerprint density at radius 2 is 1.80 bits per heavy atom. The number of halogens is 1. The van der Waals surface area contributed by atoms with E-state index in [2.05, 4.69) is 25.8 Å². The van der Waals surface area contributed by atoms with Crippen molar-refractivity contribution < 1.29 is 8.42 Å². The second-order valence-electron chi connectivity index (χ2n) is 6.60. The highest BCUT2D eigenvalue weighted by atomic mass is 127. The Bertz CT molecular complexity index is 1110. The van der Waals surface area contributed by atoms with E-state index in [1.807, 2.05) is 41.0 Å². The number of nitrogens with zero attached hydrogens (tertiary/aromatic N) is 4. The molecule has 0 saturated heterocycles. The van der Waals surface area contributed by atoms with E-state index >= 15 is 0 Å². The average molecular weight is 540 g/mol. The molecule has 0 fully saturated rings. The normalized spacial score (nSPS) is 11.6. The summed E-state index contributed by atoms with van der Waals surface area (Å²) in [7, 11) is -1.53. The maximum absolute atomic E-state index is 11.7. The number of aryl methyl sites for hydroxylation is 1. The molecule has 0 aliphatic carbocycles. The van der Waals surface area contributed by atoms with Crippen molar-refractivity contribution in [1.82, 2.24) is 25.4 Å². The summed E-state index contributed by atoms with van der Waals surface area (Å²) in [5, 5.41) is 14.6. The van der Waals surface area contributed by atoms with E-state index in [1.165, 1.54) is 6.26 Å². The van der Waals surface area contributed by atoms with Crippen LogP contribution >= 0.6 is 24.0 Å². The topological polar surface area (TPSA) is 101 Å². The van der Waals surface area contributed by atoms with Crippen LogP contribution in [0.25, 0.3) is 5.69 Å². The Morgan fingerprint density at radius 1 is 1.10 bits per heavy atom. The first-order valence-electron chi connectivity index (χ1n) is 9.07. The van der Waals surface area contributed by atoms with Crippen LogP contribution in [0.3, 0.4) is 0 Å². The molecule has 0 amide bonds. The fourth-order valence-corrected chi connectivity index (χ4v) is 3.95. The highest BCUT2D eigenvalue weighted by molar-refractivity contribution is 14.0. The lowest BCUT2D eigenvalue weighted by molar-refractivity contribution is 0.601. The first-order valence-corrected chi connectivity index (χ1v) is 11.0. The molecular weight excluding hydrogens is 515 g/mol. The van der Waals surface area contributed by atoms with E-state index in [-0.39, 0.29) is 24.0 Å². The maximum atomic E-state index is 11.7. The molecule has 160 valence electrons. The third kappa shape index (κ3) is 6.02. The molecular formula is C20H25IN6O2S. The van der Waals surface area contributed by atoms with Gasteiger partial charge in [-0.15, -0.1) is 34.2 Å². The Kier molecular flexibility index (Phi) is 8.35. The quantitative estimate of drug-likeness (QED) is 0.283. The molecule has 0 aliphatic heterocycles. The molecule has 2 N–H and O–H groups in total. The van der Waals surface area contributed by atoms with Crippen LogP contribution in [0.4, 0.5) is 0 Å². The summed E-state index contributed by atoms with van der Waals surface area (Å²) < 4.78 is 25.4. The van der Waals surface area contributed by atoms with Gasteiger partial charge in [0.25, 0.3) is 0 Å². The average Bonchev–Trinajstić information content (AvgIpc) is 3.16. The summed E-state index contributed by atoms with van der Waals surface area (Å²) in [5.41, 5.74) is 2.68. The molecule has 0 saturated carbocycles. The Morgan fingerprint density at radius 3 is 2.43 bits per heavy atom. The predicted octanol–water partition coefficient (Wildman–Crippen LogP) is 2.46. The number of aromatic nitrogens is 3. The Balaban J connectivity index is 0.00000320. The van der Waals surface area contributed by atoms with Gasteiger partial charge in [-0.25, -0.2) is 8.42 Å².